The number of aliphatic hydroxyl groups is 1. The van der Waals surface area contributed by atoms with Gasteiger partial charge in [-0.25, -0.2) is 0 Å². The topological polar surface area (TPSA) is 197 Å². The van der Waals surface area contributed by atoms with E-state index in [-0.39, 0.29) is 71.6 Å². The summed E-state index contributed by atoms with van der Waals surface area (Å²) in [6.45, 7) is 2.04. The number of ether oxygens (including phenoxy) is 4. The van der Waals surface area contributed by atoms with Crippen molar-refractivity contribution in [3.8, 4) is 46.3 Å². The van der Waals surface area contributed by atoms with Crippen LogP contribution >= 0.6 is 46.4 Å². The molecule has 0 aliphatic rings. The quantitative estimate of drug-likeness (QED) is 0.0650. The third kappa shape index (κ3) is 11.4. The van der Waals surface area contributed by atoms with E-state index in [1.807, 2.05) is 30.3 Å². The van der Waals surface area contributed by atoms with E-state index >= 15 is 0 Å². The molecule has 4 aromatic carbocycles. The fourth-order valence-electron chi connectivity index (χ4n) is 6.18. The number of carbonyl (C=O) groups is 2. The molecule has 0 bridgehead atoms. The van der Waals surface area contributed by atoms with Crippen LogP contribution in [-0.4, -0.2) is 44.1 Å². The van der Waals surface area contributed by atoms with E-state index in [0.717, 1.165) is 0 Å². The van der Waals surface area contributed by atoms with Crippen LogP contribution in [0.3, 0.4) is 0 Å². The average molecular weight is 942 g/mol. The molecule has 17 heteroatoms. The van der Waals surface area contributed by atoms with Gasteiger partial charge in [-0.05, 0) is 38.1 Å². The van der Waals surface area contributed by atoms with Gasteiger partial charge >= 0.3 is 5.97 Å². The van der Waals surface area contributed by atoms with Crippen molar-refractivity contribution in [3.63, 3.8) is 0 Å². The summed E-state index contributed by atoms with van der Waals surface area (Å²) in [5.41, 5.74) is 3.47. The van der Waals surface area contributed by atoms with Crippen LogP contribution in [0.15, 0.2) is 97.6 Å². The van der Waals surface area contributed by atoms with Crippen molar-refractivity contribution < 1.29 is 38.7 Å². The van der Waals surface area contributed by atoms with Gasteiger partial charge in [0, 0.05) is 82.4 Å². The van der Waals surface area contributed by atoms with E-state index in [0.29, 0.717) is 65.9 Å². The van der Waals surface area contributed by atoms with Gasteiger partial charge in [0.2, 0.25) is 0 Å². The normalized spacial score (nSPS) is 11.8. The molecular weight excluding hydrogens is 904 g/mol. The Bertz CT molecular complexity index is 2810. The molecule has 0 aliphatic carbocycles. The van der Waals surface area contributed by atoms with E-state index < -0.39 is 18.1 Å². The van der Waals surface area contributed by atoms with E-state index in [1.165, 1.54) is 38.4 Å². The number of nitrogens with one attached hydrogen (secondary N) is 1. The lowest BCUT2D eigenvalue weighted by molar-refractivity contribution is -0.145. The highest BCUT2D eigenvalue weighted by molar-refractivity contribution is 6.37. The van der Waals surface area contributed by atoms with Crippen LogP contribution in [0.2, 0.25) is 20.1 Å². The van der Waals surface area contributed by atoms with Crippen LogP contribution in [0, 0.1) is 22.7 Å². The number of hydrogen-bond donors (Lipinski definition) is 3. The first kappa shape index (κ1) is 47.1. The standard InChI is InChI=1S/C47H37Cl4N5O8/c1-27(58)37-12-39(49)43(14-41(37)62-23-31-10-29(16-53)18-55-20-31)64-25-33-6-4-8-36(45(33)51)35-7-3-5-32(44(35)50)24-63-42-13-40(61-22-30-9-28(15-52)17-54-19-30)34(11-38(42)48)21-56-47(2,26-57)46(59)60/h3-14,17-20,56-57H,21-26H2,1-2H3,(H,59,60). The molecule has 0 saturated carbocycles. The fraction of sp³-hybridized carbons (Fsp3) is 0.191. The minimum Gasteiger partial charge on any atom is -0.488 e. The van der Waals surface area contributed by atoms with Gasteiger partial charge in [-0.1, -0.05) is 82.8 Å². The number of nitrogens with zero attached hydrogens (tertiary/aromatic N) is 4. The molecule has 6 rings (SSSR count). The molecule has 0 fully saturated rings. The molecule has 6 aromatic rings. The highest BCUT2D eigenvalue weighted by Gasteiger charge is 2.32. The second-order valence-electron chi connectivity index (χ2n) is 14.5. The van der Waals surface area contributed by atoms with Gasteiger partial charge in [-0.3, -0.25) is 24.9 Å². The maximum absolute atomic E-state index is 12.5. The zero-order valence-corrected chi connectivity index (χ0v) is 37.1. The predicted molar refractivity (Wildman–Crippen MR) is 240 cm³/mol. The molecular formula is C47H37Cl4N5O8. The molecule has 0 aliphatic heterocycles. The lowest BCUT2D eigenvalue weighted by Gasteiger charge is -2.25. The summed E-state index contributed by atoms with van der Waals surface area (Å²) in [6.07, 6.45) is 5.98. The molecule has 0 amide bonds. The smallest absolute Gasteiger partial charge is 0.326 e. The molecule has 2 aromatic heterocycles. The van der Waals surface area contributed by atoms with Crippen LogP contribution in [0.4, 0.5) is 0 Å². The van der Waals surface area contributed by atoms with E-state index in [4.69, 9.17) is 65.4 Å². The third-order valence-corrected chi connectivity index (χ3v) is 11.3. The molecule has 1 atom stereocenters. The zero-order chi connectivity index (χ0) is 46.0. The maximum Gasteiger partial charge on any atom is 0.326 e. The Morgan fingerprint density at radius 3 is 1.64 bits per heavy atom. The van der Waals surface area contributed by atoms with E-state index in [1.54, 1.807) is 54.9 Å². The van der Waals surface area contributed by atoms with Gasteiger partial charge in [0.15, 0.2) is 5.78 Å². The maximum atomic E-state index is 12.5. The van der Waals surface area contributed by atoms with Crippen molar-refractivity contribution in [3.05, 3.63) is 162 Å². The Morgan fingerprint density at radius 1 is 0.672 bits per heavy atom. The first-order valence-corrected chi connectivity index (χ1v) is 20.7. The number of pyridine rings is 2. The Kier molecular flexibility index (Phi) is 15.7. The number of carbonyl (C=O) groups excluding carboxylic acids is 1. The minimum absolute atomic E-state index is 0.00988. The number of aromatic nitrogens is 2. The van der Waals surface area contributed by atoms with Crippen LogP contribution in [0.5, 0.6) is 23.0 Å². The molecule has 0 saturated heterocycles. The largest absolute Gasteiger partial charge is 0.488 e. The van der Waals surface area contributed by atoms with Gasteiger partial charge in [0.25, 0.3) is 0 Å². The van der Waals surface area contributed by atoms with Gasteiger partial charge in [0.1, 0.15) is 67.1 Å². The van der Waals surface area contributed by atoms with Crippen molar-refractivity contribution in [1.82, 2.24) is 15.3 Å². The van der Waals surface area contributed by atoms with Crippen LogP contribution in [0.25, 0.3) is 11.1 Å². The number of carboxylic acid groups (broad SMARTS) is 1. The monoisotopic (exact) mass is 939 g/mol. The Hall–Kier alpha value is -6.42. The Balaban J connectivity index is 1.20. The Labute approximate surface area is 388 Å². The van der Waals surface area contributed by atoms with E-state index in [9.17, 15) is 30.3 Å². The Morgan fingerprint density at radius 2 is 1.16 bits per heavy atom. The number of nitriles is 2. The molecule has 1 unspecified atom stereocenters. The summed E-state index contributed by atoms with van der Waals surface area (Å²) < 4.78 is 24.5. The summed E-state index contributed by atoms with van der Waals surface area (Å²) in [5, 5.41) is 42.0. The number of benzene rings is 4. The first-order valence-electron chi connectivity index (χ1n) is 19.2. The van der Waals surface area contributed by atoms with Crippen molar-refractivity contribution in [2.45, 2.75) is 52.4 Å². The van der Waals surface area contributed by atoms with Gasteiger partial charge in [-0.15, -0.1) is 0 Å². The van der Waals surface area contributed by atoms with E-state index in [2.05, 4.69) is 15.3 Å². The van der Waals surface area contributed by atoms with Crippen LogP contribution in [0.1, 0.15) is 63.1 Å². The molecule has 64 heavy (non-hydrogen) atoms. The molecule has 0 radical (unpaired) electrons. The van der Waals surface area contributed by atoms with Gasteiger partial charge < -0.3 is 29.2 Å². The highest BCUT2D eigenvalue weighted by atomic mass is 35.5. The first-order chi connectivity index (χ1) is 30.7. The minimum atomic E-state index is -1.65. The third-order valence-electron chi connectivity index (χ3n) is 9.84. The lowest BCUT2D eigenvalue weighted by atomic mass is 10.0. The number of carboxylic acids is 1. The highest BCUT2D eigenvalue weighted by Crippen LogP contribution is 2.40. The van der Waals surface area contributed by atoms with Crippen LogP contribution < -0.4 is 24.3 Å². The summed E-state index contributed by atoms with van der Waals surface area (Å²) in [6, 6.07) is 24.3. The molecule has 3 N–H and O–H groups in total. The molecule has 13 nitrogen and oxygen atoms in total. The second-order valence-corrected chi connectivity index (χ2v) is 16.0. The van der Waals surface area contributed by atoms with Crippen molar-refractivity contribution in [2.24, 2.45) is 0 Å². The summed E-state index contributed by atoms with van der Waals surface area (Å²) in [7, 11) is 0. The predicted octanol–water partition coefficient (Wildman–Crippen LogP) is 9.94. The molecule has 2 heterocycles. The van der Waals surface area contributed by atoms with Gasteiger partial charge in [-0.2, -0.15) is 10.5 Å². The fourth-order valence-corrected chi connectivity index (χ4v) is 7.20. The average Bonchev–Trinajstić information content (AvgIpc) is 3.29. The van der Waals surface area contributed by atoms with Gasteiger partial charge in [0.05, 0.1) is 43.4 Å². The number of halogens is 4. The van der Waals surface area contributed by atoms with Crippen molar-refractivity contribution >= 4 is 58.2 Å². The number of aliphatic carboxylic acids is 1. The zero-order valence-electron chi connectivity index (χ0n) is 34.1. The van der Waals surface area contributed by atoms with Crippen molar-refractivity contribution in [2.75, 3.05) is 6.61 Å². The summed E-state index contributed by atoms with van der Waals surface area (Å²) in [4.78, 5) is 32.5. The number of rotatable bonds is 19. The van der Waals surface area contributed by atoms with Crippen molar-refractivity contribution in [1.29, 1.82) is 10.5 Å². The number of aliphatic hydroxyl groups excluding tert-OH is 1. The van der Waals surface area contributed by atoms with Crippen LogP contribution in [-0.2, 0) is 37.8 Å². The lowest BCUT2D eigenvalue weighted by Crippen LogP contribution is -2.52. The molecule has 326 valence electrons. The number of ketones is 1. The summed E-state index contributed by atoms with van der Waals surface area (Å²) >= 11 is 27.3. The summed E-state index contributed by atoms with van der Waals surface area (Å²) in [5.74, 6) is -0.504. The second kappa shape index (κ2) is 21.3. The molecule has 0 spiro atoms. The SMILES string of the molecule is CC(=O)c1cc(Cl)c(OCc2cccc(-c3cccc(COc4cc(OCc5cncc(C#N)c5)c(CNC(C)(CO)C(=O)O)cc4Cl)c3Cl)c2Cl)cc1OCc1cncc(C#N)c1. The number of hydrogen-bond acceptors (Lipinski definition) is 12. The number of Topliss-reactive ketones (excluding diaryl/α,β-unsaturated/α-hetero) is 1.